The van der Waals surface area contributed by atoms with Gasteiger partial charge in [-0.1, -0.05) is 11.6 Å². The predicted molar refractivity (Wildman–Crippen MR) is 96.0 cm³/mol. The van der Waals surface area contributed by atoms with Crippen LogP contribution in [-0.2, 0) is 0 Å². The lowest BCUT2D eigenvalue weighted by Crippen LogP contribution is -2.31. The van der Waals surface area contributed by atoms with Gasteiger partial charge in [0.15, 0.2) is 11.2 Å². The predicted octanol–water partition coefficient (Wildman–Crippen LogP) is 3.36. The number of furan rings is 1. The molecule has 0 aliphatic heterocycles. The summed E-state index contributed by atoms with van der Waals surface area (Å²) in [6.07, 6.45) is 1.43. The summed E-state index contributed by atoms with van der Waals surface area (Å²) in [4.78, 5) is 25.7. The third-order valence-corrected chi connectivity index (χ3v) is 4.31. The van der Waals surface area contributed by atoms with E-state index in [2.05, 4.69) is 0 Å². The highest BCUT2D eigenvalue weighted by molar-refractivity contribution is 6.30. The molecule has 0 spiro atoms. The second kappa shape index (κ2) is 5.96. The molecule has 26 heavy (non-hydrogen) atoms. The number of fused-ring (bicyclic) bond motifs is 2. The second-order valence-corrected chi connectivity index (χ2v) is 5.86. The quantitative estimate of drug-likeness (QED) is 0.547. The first-order valence-corrected chi connectivity index (χ1v) is 7.91. The van der Waals surface area contributed by atoms with Gasteiger partial charge < -0.3 is 18.3 Å². The van der Waals surface area contributed by atoms with Crippen LogP contribution in [-0.4, -0.2) is 18.8 Å². The summed E-state index contributed by atoms with van der Waals surface area (Å²) >= 11 is 5.88. The van der Waals surface area contributed by atoms with E-state index in [1.807, 2.05) is 0 Å². The number of aromatic nitrogens is 1. The van der Waals surface area contributed by atoms with Crippen LogP contribution in [0.5, 0.6) is 11.5 Å². The van der Waals surface area contributed by atoms with Gasteiger partial charge in [-0.2, -0.15) is 0 Å². The van der Waals surface area contributed by atoms with Crippen molar-refractivity contribution in [2.24, 2.45) is 0 Å². The first kappa shape index (κ1) is 16.3. The van der Waals surface area contributed by atoms with Gasteiger partial charge in [0.2, 0.25) is 5.75 Å². The molecule has 7 nitrogen and oxygen atoms in total. The van der Waals surface area contributed by atoms with Crippen LogP contribution in [0.15, 0.2) is 55.0 Å². The van der Waals surface area contributed by atoms with Gasteiger partial charge in [-0.05, 0) is 30.3 Å². The number of hydrogen-bond acceptors (Lipinski definition) is 6. The lowest BCUT2D eigenvalue weighted by Gasteiger charge is -2.11. The number of ether oxygens (including phenoxy) is 2. The zero-order chi connectivity index (χ0) is 18.4. The van der Waals surface area contributed by atoms with E-state index in [-0.39, 0.29) is 22.5 Å². The molecule has 0 bridgehead atoms. The van der Waals surface area contributed by atoms with Crippen LogP contribution in [0.3, 0.4) is 0 Å². The maximum Gasteiger partial charge on any atom is 0.427 e. The Hall–Kier alpha value is -3.19. The van der Waals surface area contributed by atoms with E-state index < -0.39 is 11.3 Å². The SMILES string of the molecule is COc1c2occc2c(OC)c2c(=O)n(-c3ccc(Cl)cc3)c(=O)oc12. The molecule has 0 unspecified atom stereocenters. The van der Waals surface area contributed by atoms with Crippen molar-refractivity contribution >= 4 is 33.5 Å². The molecule has 0 aliphatic rings. The Morgan fingerprint density at radius 2 is 1.65 bits per heavy atom. The Kier molecular flexibility index (Phi) is 3.73. The van der Waals surface area contributed by atoms with Gasteiger partial charge in [-0.15, -0.1) is 0 Å². The van der Waals surface area contributed by atoms with Crippen LogP contribution >= 0.6 is 11.6 Å². The summed E-state index contributed by atoms with van der Waals surface area (Å²) in [5.74, 6) is -0.477. The van der Waals surface area contributed by atoms with Crippen molar-refractivity contribution in [3.05, 3.63) is 62.5 Å². The summed E-state index contributed by atoms with van der Waals surface area (Å²) in [6, 6.07) is 7.89. The summed E-state index contributed by atoms with van der Waals surface area (Å²) in [5.41, 5.74) is 0.0100. The number of rotatable bonds is 3. The molecule has 0 atom stereocenters. The van der Waals surface area contributed by atoms with E-state index >= 15 is 0 Å². The molecular formula is C18H12ClNO6. The van der Waals surface area contributed by atoms with Crippen LogP contribution in [0, 0.1) is 0 Å². The summed E-state index contributed by atoms with van der Waals surface area (Å²) in [6.45, 7) is 0. The van der Waals surface area contributed by atoms with Crippen LogP contribution < -0.4 is 20.8 Å². The average molecular weight is 374 g/mol. The highest BCUT2D eigenvalue weighted by atomic mass is 35.5. The van der Waals surface area contributed by atoms with Crippen molar-refractivity contribution in [1.29, 1.82) is 0 Å². The van der Waals surface area contributed by atoms with E-state index in [1.54, 1.807) is 30.3 Å². The summed E-state index contributed by atoms with van der Waals surface area (Å²) < 4.78 is 22.5. The van der Waals surface area contributed by atoms with Crippen LogP contribution in [0.4, 0.5) is 0 Å². The number of benzene rings is 2. The fourth-order valence-corrected chi connectivity index (χ4v) is 3.07. The third kappa shape index (κ3) is 2.21. The molecule has 0 N–H and O–H groups in total. The van der Waals surface area contributed by atoms with Crippen molar-refractivity contribution in [2.75, 3.05) is 14.2 Å². The molecule has 0 saturated carbocycles. The third-order valence-electron chi connectivity index (χ3n) is 4.06. The van der Waals surface area contributed by atoms with E-state index in [4.69, 9.17) is 29.9 Å². The fraction of sp³-hybridized carbons (Fsp3) is 0.111. The molecule has 0 amide bonds. The zero-order valence-corrected chi connectivity index (χ0v) is 14.5. The standard InChI is InChI=1S/C18H12ClNO6/c1-23-13-11-7-8-25-14(11)16(24-2)15-12(13)17(21)20(18(22)26-15)10-5-3-9(19)4-6-10/h3-8H,1-2H3. The van der Waals surface area contributed by atoms with Crippen LogP contribution in [0.2, 0.25) is 5.02 Å². The largest absolute Gasteiger partial charge is 0.495 e. The normalized spacial score (nSPS) is 11.2. The van der Waals surface area contributed by atoms with Crippen molar-refractivity contribution in [3.63, 3.8) is 0 Å². The molecule has 0 saturated heterocycles. The first-order chi connectivity index (χ1) is 12.6. The summed E-state index contributed by atoms with van der Waals surface area (Å²) in [5, 5.41) is 1.09. The second-order valence-electron chi connectivity index (χ2n) is 5.42. The fourth-order valence-electron chi connectivity index (χ4n) is 2.95. The van der Waals surface area contributed by atoms with Gasteiger partial charge in [0.05, 0.1) is 31.6 Å². The molecule has 0 fully saturated rings. The molecule has 132 valence electrons. The van der Waals surface area contributed by atoms with Gasteiger partial charge >= 0.3 is 5.76 Å². The number of nitrogens with zero attached hydrogens (tertiary/aromatic N) is 1. The Morgan fingerprint density at radius 3 is 2.31 bits per heavy atom. The minimum atomic E-state index is -0.865. The van der Waals surface area contributed by atoms with Crippen LogP contribution in [0.25, 0.3) is 27.6 Å². The molecule has 0 aliphatic carbocycles. The molecule has 4 rings (SSSR count). The molecule has 2 heterocycles. The molecular weight excluding hydrogens is 362 g/mol. The van der Waals surface area contributed by atoms with Crippen molar-refractivity contribution < 1.29 is 18.3 Å². The van der Waals surface area contributed by atoms with Crippen molar-refractivity contribution in [1.82, 2.24) is 4.57 Å². The van der Waals surface area contributed by atoms with Gasteiger partial charge in [-0.3, -0.25) is 4.79 Å². The number of methoxy groups -OCH3 is 2. The lowest BCUT2D eigenvalue weighted by molar-refractivity contribution is 0.393. The smallest absolute Gasteiger partial charge is 0.427 e. The summed E-state index contributed by atoms with van der Waals surface area (Å²) in [7, 11) is 2.82. The van der Waals surface area contributed by atoms with Gasteiger partial charge in [0.1, 0.15) is 11.1 Å². The first-order valence-electron chi connectivity index (χ1n) is 7.53. The lowest BCUT2D eigenvalue weighted by atomic mass is 10.1. The number of halogens is 1. The highest BCUT2D eigenvalue weighted by Crippen LogP contribution is 2.41. The number of hydrogen-bond donors (Lipinski definition) is 0. The van der Waals surface area contributed by atoms with E-state index in [0.29, 0.717) is 21.7 Å². The minimum absolute atomic E-state index is 0.0352. The average Bonchev–Trinajstić information content (AvgIpc) is 3.10. The molecule has 4 aromatic rings. The van der Waals surface area contributed by atoms with Crippen molar-refractivity contribution in [2.45, 2.75) is 0 Å². The maximum absolute atomic E-state index is 13.2. The molecule has 2 aromatic heterocycles. The Balaban J connectivity index is 2.22. The Labute approximate surface area is 150 Å². The molecule has 8 heteroatoms. The van der Waals surface area contributed by atoms with Crippen molar-refractivity contribution in [3.8, 4) is 17.2 Å². The van der Waals surface area contributed by atoms with E-state index in [9.17, 15) is 9.59 Å². The monoisotopic (exact) mass is 373 g/mol. The highest BCUT2D eigenvalue weighted by Gasteiger charge is 2.25. The molecule has 0 radical (unpaired) electrons. The molecule has 2 aromatic carbocycles. The zero-order valence-electron chi connectivity index (χ0n) is 13.7. The van der Waals surface area contributed by atoms with E-state index in [1.165, 1.54) is 20.5 Å². The van der Waals surface area contributed by atoms with Crippen LogP contribution in [0.1, 0.15) is 0 Å². The van der Waals surface area contributed by atoms with Gasteiger partial charge in [-0.25, -0.2) is 9.36 Å². The minimum Gasteiger partial charge on any atom is -0.495 e. The van der Waals surface area contributed by atoms with Gasteiger partial charge in [0, 0.05) is 5.02 Å². The topological polar surface area (TPSA) is 83.8 Å². The van der Waals surface area contributed by atoms with E-state index in [0.717, 1.165) is 4.57 Å². The Bertz CT molecular complexity index is 1250. The Morgan fingerprint density at radius 1 is 0.962 bits per heavy atom. The maximum atomic E-state index is 13.2. The van der Waals surface area contributed by atoms with Gasteiger partial charge in [0.25, 0.3) is 5.56 Å².